The second-order valence-corrected chi connectivity index (χ2v) is 4.65. The minimum atomic E-state index is -4.42. The molecule has 0 atom stereocenters. The maximum atomic E-state index is 12.5. The predicted octanol–water partition coefficient (Wildman–Crippen LogP) is 2.24. The number of alkyl halides is 3. The summed E-state index contributed by atoms with van der Waals surface area (Å²) < 4.78 is 37.4. The molecule has 0 aliphatic carbocycles. The minimum Gasteiger partial charge on any atom is -0.357 e. The molecule has 3 N–H and O–H groups in total. The fourth-order valence-corrected chi connectivity index (χ4v) is 1.73. The van der Waals surface area contributed by atoms with Crippen LogP contribution in [0.15, 0.2) is 29.3 Å². The molecule has 1 aromatic rings. The van der Waals surface area contributed by atoms with Gasteiger partial charge >= 0.3 is 6.18 Å². The predicted molar refractivity (Wildman–Crippen MR) is 102 cm³/mol. The molecule has 5 nitrogen and oxygen atoms in total. The Morgan fingerprint density at radius 3 is 2.36 bits per heavy atom. The summed E-state index contributed by atoms with van der Waals surface area (Å²) in [6.07, 6.45) is 0.728. The third-order valence-corrected chi connectivity index (χ3v) is 2.84. The van der Waals surface area contributed by atoms with E-state index in [-0.39, 0.29) is 36.1 Å². The standard InChI is InChI=1S/C16H19F3N4O.HI/c1-3-9-22-15(20-4-2)23-11-10-21-14(24)12-5-7-13(8-6-12)16(17,18)19;/h1,5-8H,4,9-11H2,2H3,(H,21,24)(H2,20,22,23);1H. The average Bonchev–Trinajstić information content (AvgIpc) is 2.55. The van der Waals surface area contributed by atoms with Gasteiger partial charge in [0.15, 0.2) is 5.96 Å². The monoisotopic (exact) mass is 468 g/mol. The number of nitrogens with one attached hydrogen (secondary N) is 3. The van der Waals surface area contributed by atoms with Crippen molar-refractivity contribution in [2.45, 2.75) is 13.1 Å². The van der Waals surface area contributed by atoms with Crippen LogP contribution >= 0.6 is 24.0 Å². The Labute approximate surface area is 161 Å². The first-order chi connectivity index (χ1) is 11.4. The quantitative estimate of drug-likeness (QED) is 0.197. The Morgan fingerprint density at radius 1 is 1.20 bits per heavy atom. The molecule has 0 saturated heterocycles. The molecule has 1 amide bonds. The first-order valence-electron chi connectivity index (χ1n) is 7.29. The van der Waals surface area contributed by atoms with Crippen LogP contribution in [0.25, 0.3) is 0 Å². The normalized spacial score (nSPS) is 11.1. The van der Waals surface area contributed by atoms with Crippen LogP contribution in [-0.4, -0.2) is 38.0 Å². The molecule has 0 aromatic heterocycles. The van der Waals surface area contributed by atoms with Crippen molar-refractivity contribution >= 4 is 35.8 Å². The van der Waals surface area contributed by atoms with Gasteiger partial charge in [-0.1, -0.05) is 5.92 Å². The minimum absolute atomic E-state index is 0. The number of terminal acetylenes is 1. The number of hydrogen-bond acceptors (Lipinski definition) is 2. The fraction of sp³-hybridized carbons (Fsp3) is 0.375. The molecule has 0 radical (unpaired) electrons. The lowest BCUT2D eigenvalue weighted by Crippen LogP contribution is -2.38. The zero-order valence-corrected chi connectivity index (χ0v) is 15.9. The fourth-order valence-electron chi connectivity index (χ4n) is 1.73. The van der Waals surface area contributed by atoms with Gasteiger partial charge in [-0.15, -0.1) is 30.4 Å². The second-order valence-electron chi connectivity index (χ2n) is 4.65. The summed E-state index contributed by atoms with van der Waals surface area (Å²) in [4.78, 5) is 16.0. The van der Waals surface area contributed by atoms with E-state index in [0.29, 0.717) is 25.6 Å². The second kappa shape index (κ2) is 11.6. The molecule has 0 aliphatic rings. The van der Waals surface area contributed by atoms with Crippen LogP contribution < -0.4 is 16.0 Å². The highest BCUT2D eigenvalue weighted by Gasteiger charge is 2.30. The summed E-state index contributed by atoms with van der Waals surface area (Å²) >= 11 is 0. The molecule has 0 unspecified atom stereocenters. The molecule has 0 saturated carbocycles. The summed E-state index contributed by atoms with van der Waals surface area (Å²) in [5.41, 5.74) is -0.636. The molecule has 0 spiro atoms. The van der Waals surface area contributed by atoms with Gasteiger partial charge in [0, 0.05) is 18.7 Å². The third kappa shape index (κ3) is 8.62. The van der Waals surface area contributed by atoms with Gasteiger partial charge in [-0.2, -0.15) is 13.2 Å². The van der Waals surface area contributed by atoms with E-state index < -0.39 is 17.6 Å². The highest BCUT2D eigenvalue weighted by molar-refractivity contribution is 14.0. The van der Waals surface area contributed by atoms with E-state index in [9.17, 15) is 18.0 Å². The molecule has 138 valence electrons. The average molecular weight is 468 g/mol. The van der Waals surface area contributed by atoms with Gasteiger partial charge in [-0.3, -0.25) is 9.79 Å². The largest absolute Gasteiger partial charge is 0.416 e. The Morgan fingerprint density at radius 2 is 1.84 bits per heavy atom. The first-order valence-corrected chi connectivity index (χ1v) is 7.29. The molecule has 0 bridgehead atoms. The number of guanidine groups is 1. The van der Waals surface area contributed by atoms with E-state index in [0.717, 1.165) is 24.3 Å². The van der Waals surface area contributed by atoms with Crippen molar-refractivity contribution in [1.29, 1.82) is 0 Å². The number of hydrogen-bond donors (Lipinski definition) is 3. The van der Waals surface area contributed by atoms with Crippen LogP contribution in [0.3, 0.4) is 0 Å². The number of amides is 1. The van der Waals surface area contributed by atoms with E-state index >= 15 is 0 Å². The number of aliphatic imine (C=N–C) groups is 1. The lowest BCUT2D eigenvalue weighted by Gasteiger charge is -2.09. The molecule has 9 heteroatoms. The SMILES string of the molecule is C#CCNC(=NCCNC(=O)c1ccc(C(F)(F)F)cc1)NCC.I. The van der Waals surface area contributed by atoms with Crippen LogP contribution in [0.5, 0.6) is 0 Å². The number of rotatable bonds is 6. The Kier molecular flexibility index (Phi) is 10.7. The van der Waals surface area contributed by atoms with Crippen LogP contribution in [-0.2, 0) is 6.18 Å². The Bertz CT molecular complexity index is 609. The van der Waals surface area contributed by atoms with Crippen molar-refractivity contribution in [2.75, 3.05) is 26.2 Å². The first kappa shape index (κ1) is 23.0. The summed E-state index contributed by atoms with van der Waals surface area (Å²) in [5.74, 6) is 2.49. The van der Waals surface area contributed by atoms with Crippen molar-refractivity contribution < 1.29 is 18.0 Å². The van der Waals surface area contributed by atoms with Gasteiger partial charge in [-0.05, 0) is 31.2 Å². The number of benzene rings is 1. The summed E-state index contributed by atoms with van der Waals surface area (Å²) in [7, 11) is 0. The zero-order valence-electron chi connectivity index (χ0n) is 13.6. The van der Waals surface area contributed by atoms with Crippen LogP contribution in [0, 0.1) is 12.3 Å². The van der Waals surface area contributed by atoms with Gasteiger partial charge in [0.05, 0.1) is 18.7 Å². The van der Waals surface area contributed by atoms with Crippen LogP contribution in [0.4, 0.5) is 13.2 Å². The maximum Gasteiger partial charge on any atom is 0.416 e. The van der Waals surface area contributed by atoms with E-state index in [4.69, 9.17) is 6.42 Å². The Balaban J connectivity index is 0.00000576. The van der Waals surface area contributed by atoms with Gasteiger partial charge in [0.1, 0.15) is 0 Å². The molecule has 0 aliphatic heterocycles. The zero-order chi connectivity index (χ0) is 18.0. The Hall–Kier alpha value is -1.96. The molecular weight excluding hydrogens is 448 g/mol. The molecular formula is C16H20F3IN4O. The summed E-state index contributed by atoms with van der Waals surface area (Å²) in [6, 6.07) is 4.03. The maximum absolute atomic E-state index is 12.5. The number of nitrogens with zero attached hydrogens (tertiary/aromatic N) is 1. The third-order valence-electron chi connectivity index (χ3n) is 2.84. The number of carbonyl (C=O) groups excluding carboxylic acids is 1. The van der Waals surface area contributed by atoms with Gasteiger partial charge < -0.3 is 16.0 Å². The lowest BCUT2D eigenvalue weighted by atomic mass is 10.1. The molecule has 25 heavy (non-hydrogen) atoms. The topological polar surface area (TPSA) is 65.5 Å². The van der Waals surface area contributed by atoms with Crippen molar-refractivity contribution in [3.8, 4) is 12.3 Å². The molecule has 1 aromatic carbocycles. The lowest BCUT2D eigenvalue weighted by molar-refractivity contribution is -0.137. The van der Waals surface area contributed by atoms with Crippen LogP contribution in [0.2, 0.25) is 0 Å². The molecule has 0 fully saturated rings. The van der Waals surface area contributed by atoms with Gasteiger partial charge in [-0.25, -0.2) is 0 Å². The van der Waals surface area contributed by atoms with E-state index in [1.807, 2.05) is 6.92 Å². The van der Waals surface area contributed by atoms with Crippen molar-refractivity contribution in [3.63, 3.8) is 0 Å². The number of carbonyl (C=O) groups is 1. The van der Waals surface area contributed by atoms with Crippen molar-refractivity contribution in [2.24, 2.45) is 4.99 Å². The van der Waals surface area contributed by atoms with Crippen molar-refractivity contribution in [3.05, 3.63) is 35.4 Å². The summed E-state index contributed by atoms with van der Waals surface area (Å²) in [6.45, 7) is 3.43. The van der Waals surface area contributed by atoms with E-state index in [1.54, 1.807) is 0 Å². The smallest absolute Gasteiger partial charge is 0.357 e. The van der Waals surface area contributed by atoms with Crippen LogP contribution in [0.1, 0.15) is 22.8 Å². The van der Waals surface area contributed by atoms with E-state index in [2.05, 4.69) is 26.9 Å². The van der Waals surface area contributed by atoms with Crippen molar-refractivity contribution in [1.82, 2.24) is 16.0 Å². The highest BCUT2D eigenvalue weighted by atomic mass is 127. The summed E-state index contributed by atoms with van der Waals surface area (Å²) in [5, 5.41) is 8.46. The molecule has 0 heterocycles. The van der Waals surface area contributed by atoms with Gasteiger partial charge in [0.2, 0.25) is 0 Å². The number of halogens is 4. The van der Waals surface area contributed by atoms with E-state index in [1.165, 1.54) is 0 Å². The molecule has 1 rings (SSSR count). The van der Waals surface area contributed by atoms with Gasteiger partial charge in [0.25, 0.3) is 5.91 Å². The highest BCUT2D eigenvalue weighted by Crippen LogP contribution is 2.28.